The molecule has 0 N–H and O–H groups in total. The second kappa shape index (κ2) is 9.23. The highest BCUT2D eigenvalue weighted by atomic mass is 16.3. The Morgan fingerprint density at radius 2 is 1.66 bits per heavy atom. The standard InChI is InChI=1S/C35H36N2O/c1-7-35(6,8-2)30-20-26(19-24-11-9-10-12-27(24)30)32-31-29-16-14-25-18-23(17-21(3)4)13-15-28(25)33(29)38-34(31)37-22(5)36-32/h9-16,18-21H,7-8,17H2,1-6H3/i5D3,17D2. The van der Waals surface area contributed by atoms with Gasteiger partial charge in [0.2, 0.25) is 5.71 Å². The van der Waals surface area contributed by atoms with Crippen LogP contribution in [0.1, 0.15) is 71.3 Å². The number of hydrogen-bond donors (Lipinski definition) is 0. The van der Waals surface area contributed by atoms with Crippen LogP contribution in [0, 0.1) is 12.8 Å². The predicted molar refractivity (Wildman–Crippen MR) is 161 cm³/mol. The van der Waals surface area contributed by atoms with E-state index in [-0.39, 0.29) is 22.9 Å². The van der Waals surface area contributed by atoms with Crippen molar-refractivity contribution in [2.75, 3.05) is 0 Å². The summed E-state index contributed by atoms with van der Waals surface area (Å²) in [6.07, 6.45) is 0.422. The molecule has 0 fully saturated rings. The highest BCUT2D eigenvalue weighted by molar-refractivity contribution is 6.18. The van der Waals surface area contributed by atoms with Crippen LogP contribution < -0.4 is 0 Å². The molecule has 6 aromatic rings. The predicted octanol–water partition coefficient (Wildman–Crippen LogP) is 9.93. The number of aromatic nitrogens is 2. The van der Waals surface area contributed by atoms with Crippen molar-refractivity contribution in [2.45, 2.75) is 66.1 Å². The molecule has 0 aliphatic heterocycles. The van der Waals surface area contributed by atoms with E-state index in [2.05, 4.69) is 56.1 Å². The maximum Gasteiger partial charge on any atom is 0.231 e. The normalized spacial score (nSPS) is 15.2. The number of fused-ring (bicyclic) bond motifs is 6. The van der Waals surface area contributed by atoms with Gasteiger partial charge in [-0.25, -0.2) is 4.98 Å². The molecule has 0 amide bonds. The second-order valence-corrected chi connectivity index (χ2v) is 10.9. The van der Waals surface area contributed by atoms with Crippen LogP contribution in [-0.4, -0.2) is 9.97 Å². The molecule has 2 heterocycles. The molecular formula is C35H36N2O. The Morgan fingerprint density at radius 3 is 2.42 bits per heavy atom. The van der Waals surface area contributed by atoms with Gasteiger partial charge in [0.25, 0.3) is 0 Å². The number of furan rings is 1. The number of benzene rings is 4. The van der Waals surface area contributed by atoms with Crippen LogP contribution in [0.3, 0.4) is 0 Å². The molecular weight excluding hydrogens is 464 g/mol. The average molecular weight is 506 g/mol. The van der Waals surface area contributed by atoms with Crippen LogP contribution in [0.2, 0.25) is 0 Å². The van der Waals surface area contributed by atoms with E-state index in [0.717, 1.165) is 39.9 Å². The summed E-state index contributed by atoms with van der Waals surface area (Å²) in [5.41, 5.74) is 3.89. The minimum Gasteiger partial charge on any atom is -0.437 e. The lowest BCUT2D eigenvalue weighted by molar-refractivity contribution is 0.443. The summed E-state index contributed by atoms with van der Waals surface area (Å²) in [6.45, 7) is 7.90. The first-order valence-electron chi connectivity index (χ1n) is 16.0. The van der Waals surface area contributed by atoms with Gasteiger partial charge in [0.15, 0.2) is 0 Å². The SMILES string of the molecule is [2H]C([2H])([2H])c1nc(-c2cc(C(C)(CC)CC)c3ccccc3c2)c2c(n1)oc1c3ccc(C([2H])([2H])C(C)C)cc3ccc12. The molecule has 0 bridgehead atoms. The molecule has 3 nitrogen and oxygen atoms in total. The monoisotopic (exact) mass is 505 g/mol. The minimum absolute atomic E-state index is 0.0815. The van der Waals surface area contributed by atoms with Gasteiger partial charge in [-0.2, -0.15) is 4.98 Å². The maximum absolute atomic E-state index is 8.57. The van der Waals surface area contributed by atoms with E-state index in [1.807, 2.05) is 44.2 Å². The Kier molecular flexibility index (Phi) is 4.71. The smallest absolute Gasteiger partial charge is 0.231 e. The number of hydrogen-bond acceptors (Lipinski definition) is 3. The van der Waals surface area contributed by atoms with Crippen LogP contribution in [0.4, 0.5) is 0 Å². The maximum atomic E-state index is 8.57. The summed E-state index contributed by atoms with van der Waals surface area (Å²) in [4.78, 5) is 9.13. The molecule has 0 aliphatic carbocycles. The van der Waals surface area contributed by atoms with Crippen LogP contribution in [0.5, 0.6) is 0 Å². The first-order valence-corrected chi connectivity index (χ1v) is 13.5. The number of aryl methyl sites for hydroxylation is 1. The van der Waals surface area contributed by atoms with Crippen molar-refractivity contribution in [1.29, 1.82) is 0 Å². The summed E-state index contributed by atoms with van der Waals surface area (Å²) in [5.74, 6) is -0.445. The van der Waals surface area contributed by atoms with Gasteiger partial charge in [-0.15, -0.1) is 0 Å². The summed E-state index contributed by atoms with van der Waals surface area (Å²) >= 11 is 0. The van der Waals surface area contributed by atoms with E-state index in [1.54, 1.807) is 6.07 Å². The van der Waals surface area contributed by atoms with E-state index in [9.17, 15) is 0 Å². The molecule has 38 heavy (non-hydrogen) atoms. The van der Waals surface area contributed by atoms with E-state index in [1.165, 1.54) is 10.9 Å². The zero-order valence-corrected chi connectivity index (χ0v) is 22.6. The van der Waals surface area contributed by atoms with Gasteiger partial charge >= 0.3 is 0 Å². The van der Waals surface area contributed by atoms with Crippen molar-refractivity contribution >= 4 is 43.6 Å². The molecule has 3 heteroatoms. The average Bonchev–Trinajstić information content (AvgIpc) is 3.38. The quantitative estimate of drug-likeness (QED) is 0.226. The Morgan fingerprint density at radius 1 is 0.895 bits per heavy atom. The lowest BCUT2D eigenvalue weighted by Crippen LogP contribution is -2.20. The Hall–Kier alpha value is -3.72. The topological polar surface area (TPSA) is 38.9 Å². The number of rotatable bonds is 6. The first kappa shape index (κ1) is 19.4. The summed E-state index contributed by atoms with van der Waals surface area (Å²) < 4.78 is 48.0. The van der Waals surface area contributed by atoms with Crippen molar-refractivity contribution in [2.24, 2.45) is 5.92 Å². The Bertz CT molecular complexity index is 2020. The van der Waals surface area contributed by atoms with Crippen molar-refractivity contribution in [3.8, 4) is 11.3 Å². The highest BCUT2D eigenvalue weighted by Gasteiger charge is 2.26. The van der Waals surface area contributed by atoms with Crippen LogP contribution in [-0.2, 0) is 11.8 Å². The molecule has 0 spiro atoms. The molecule has 0 aliphatic rings. The Balaban J connectivity index is 1.69. The minimum atomic E-state index is -2.53. The fourth-order valence-electron chi connectivity index (χ4n) is 5.67. The molecule has 4 aromatic carbocycles. The second-order valence-electron chi connectivity index (χ2n) is 10.9. The molecule has 0 saturated heterocycles. The third-order valence-corrected chi connectivity index (χ3v) is 8.12. The van der Waals surface area contributed by atoms with Gasteiger partial charge < -0.3 is 4.42 Å². The van der Waals surface area contributed by atoms with E-state index in [4.69, 9.17) is 16.3 Å². The Labute approximate surface area is 231 Å². The van der Waals surface area contributed by atoms with Crippen molar-refractivity contribution < 1.29 is 11.3 Å². The molecule has 0 unspecified atom stereocenters. The molecule has 0 atom stereocenters. The zero-order chi connectivity index (χ0) is 30.9. The van der Waals surface area contributed by atoms with Gasteiger partial charge in [0.05, 0.1) is 11.1 Å². The van der Waals surface area contributed by atoms with Gasteiger partial charge in [0.1, 0.15) is 11.4 Å². The zero-order valence-electron chi connectivity index (χ0n) is 27.6. The first-order chi connectivity index (χ1) is 20.3. The molecule has 2 aromatic heterocycles. The third-order valence-electron chi connectivity index (χ3n) is 8.12. The molecule has 192 valence electrons. The fourth-order valence-corrected chi connectivity index (χ4v) is 5.67. The van der Waals surface area contributed by atoms with Crippen molar-refractivity contribution in [3.63, 3.8) is 0 Å². The van der Waals surface area contributed by atoms with Crippen molar-refractivity contribution in [1.82, 2.24) is 9.97 Å². The van der Waals surface area contributed by atoms with Crippen LogP contribution >= 0.6 is 0 Å². The molecule has 0 radical (unpaired) electrons. The van der Waals surface area contributed by atoms with Gasteiger partial charge in [-0.1, -0.05) is 83.1 Å². The van der Waals surface area contributed by atoms with Crippen LogP contribution in [0.25, 0.3) is 54.9 Å². The van der Waals surface area contributed by atoms with E-state index < -0.39 is 13.2 Å². The fraction of sp³-hybridized carbons (Fsp3) is 0.314. The van der Waals surface area contributed by atoms with Crippen LogP contribution in [0.15, 0.2) is 71.1 Å². The summed E-state index contributed by atoms with van der Waals surface area (Å²) in [6, 6.07) is 22.0. The van der Waals surface area contributed by atoms with Gasteiger partial charge in [0, 0.05) is 23.2 Å². The summed E-state index contributed by atoms with van der Waals surface area (Å²) in [7, 11) is 0. The largest absolute Gasteiger partial charge is 0.437 e. The lowest BCUT2D eigenvalue weighted by Gasteiger charge is -2.29. The van der Waals surface area contributed by atoms with E-state index in [0.29, 0.717) is 22.2 Å². The lowest BCUT2D eigenvalue weighted by atomic mass is 9.75. The molecule has 0 saturated carbocycles. The molecule has 6 rings (SSSR count). The highest BCUT2D eigenvalue weighted by Crippen LogP contribution is 2.42. The third kappa shape index (κ3) is 3.96. The van der Waals surface area contributed by atoms with Gasteiger partial charge in [-0.3, -0.25) is 0 Å². The number of nitrogens with zero attached hydrogens (tertiary/aromatic N) is 2. The van der Waals surface area contributed by atoms with Gasteiger partial charge in [-0.05, 0) is 82.9 Å². The summed E-state index contributed by atoms with van der Waals surface area (Å²) in [5, 5.41) is 5.35. The van der Waals surface area contributed by atoms with E-state index >= 15 is 0 Å². The van der Waals surface area contributed by atoms with Crippen molar-refractivity contribution in [3.05, 3.63) is 83.7 Å².